The summed E-state index contributed by atoms with van der Waals surface area (Å²) in [6, 6.07) is 5.54. The quantitative estimate of drug-likeness (QED) is 0.544. The molecule has 25 heavy (non-hydrogen) atoms. The summed E-state index contributed by atoms with van der Waals surface area (Å²) in [5.74, 6) is 0.283. The molecule has 6 nitrogen and oxygen atoms in total. The van der Waals surface area contributed by atoms with Gasteiger partial charge in [-0.25, -0.2) is 8.91 Å². The van der Waals surface area contributed by atoms with Crippen molar-refractivity contribution in [1.29, 1.82) is 0 Å². The molecule has 0 atom stereocenters. The predicted octanol–water partition coefficient (Wildman–Crippen LogP) is 3.72. The normalized spacial score (nSPS) is 11.5. The predicted molar refractivity (Wildman–Crippen MR) is 97.6 cm³/mol. The van der Waals surface area contributed by atoms with E-state index in [1.165, 1.54) is 11.8 Å². The largest absolute Gasteiger partial charge is 0.490 e. The zero-order valence-electron chi connectivity index (χ0n) is 13.7. The Hall–Kier alpha value is -2.74. The average Bonchev–Trinajstić information content (AvgIpc) is 3.20. The molecule has 0 aliphatic carbocycles. The number of thioether (sulfide) groups is 1. The highest BCUT2D eigenvalue weighted by Crippen LogP contribution is 2.44. The molecule has 8 heteroatoms. The lowest BCUT2D eigenvalue weighted by atomic mass is 10.0. The van der Waals surface area contributed by atoms with Gasteiger partial charge >= 0.3 is 0 Å². The lowest BCUT2D eigenvalue weighted by molar-refractivity contribution is 0.321. The van der Waals surface area contributed by atoms with Gasteiger partial charge in [-0.1, -0.05) is 0 Å². The Bertz CT molecular complexity index is 1090. The number of aromatic amines is 1. The number of nitrogens with one attached hydrogen (secondary N) is 1. The molecule has 0 aliphatic heterocycles. The Labute approximate surface area is 147 Å². The van der Waals surface area contributed by atoms with Crippen LogP contribution in [0.2, 0.25) is 0 Å². The minimum atomic E-state index is -0.381. The van der Waals surface area contributed by atoms with Crippen molar-refractivity contribution in [2.24, 2.45) is 0 Å². The van der Waals surface area contributed by atoms with Crippen LogP contribution in [-0.4, -0.2) is 32.7 Å². The number of hydrogen-bond acceptors (Lipinski definition) is 5. The topological polar surface area (TPSA) is 81.2 Å². The number of fused-ring (bicyclic) bond motifs is 2. The number of nitrogens with zero attached hydrogens (tertiary/aromatic N) is 3. The van der Waals surface area contributed by atoms with E-state index in [0.717, 1.165) is 16.5 Å². The van der Waals surface area contributed by atoms with E-state index in [9.17, 15) is 0 Å². The van der Waals surface area contributed by atoms with Gasteiger partial charge in [0.15, 0.2) is 11.6 Å². The lowest BCUT2D eigenvalue weighted by Crippen LogP contribution is -2.00. The van der Waals surface area contributed by atoms with Gasteiger partial charge in [0.25, 0.3) is 0 Å². The van der Waals surface area contributed by atoms with E-state index in [1.807, 2.05) is 25.3 Å². The summed E-state index contributed by atoms with van der Waals surface area (Å²) >= 11 is 1.32. The first-order valence-electron chi connectivity index (χ1n) is 7.74. The molecule has 0 fully saturated rings. The fourth-order valence-electron chi connectivity index (χ4n) is 3.02. The van der Waals surface area contributed by atoms with E-state index in [-0.39, 0.29) is 11.6 Å². The molecule has 0 radical (unpaired) electrons. The molecule has 3 aromatic heterocycles. The summed E-state index contributed by atoms with van der Waals surface area (Å²) < 4.78 is 22.5. The van der Waals surface area contributed by atoms with Crippen LogP contribution in [0.3, 0.4) is 0 Å². The maximum Gasteiger partial charge on any atom is 0.181 e. The second kappa shape index (κ2) is 5.96. The molecule has 0 aliphatic rings. The Morgan fingerprint density at radius 2 is 2.24 bits per heavy atom. The number of pyridine rings is 1. The maximum atomic E-state index is 15.1. The van der Waals surface area contributed by atoms with Gasteiger partial charge in [-0.2, -0.15) is 10.2 Å². The Morgan fingerprint density at radius 3 is 3.00 bits per heavy atom. The minimum absolute atomic E-state index is 0.234. The van der Waals surface area contributed by atoms with Crippen molar-refractivity contribution < 1.29 is 9.13 Å². The van der Waals surface area contributed by atoms with Crippen LogP contribution in [0.15, 0.2) is 35.5 Å². The first-order valence-corrected chi connectivity index (χ1v) is 8.97. The highest BCUT2D eigenvalue weighted by atomic mass is 32.2. The third-order valence-corrected chi connectivity index (χ3v) is 4.82. The molecule has 0 bridgehead atoms. The second-order valence-electron chi connectivity index (χ2n) is 5.50. The van der Waals surface area contributed by atoms with E-state index in [1.54, 1.807) is 23.0 Å². The average molecular weight is 357 g/mol. The van der Waals surface area contributed by atoms with Crippen molar-refractivity contribution in [1.82, 2.24) is 19.8 Å². The second-order valence-corrected chi connectivity index (χ2v) is 6.31. The number of aromatic nitrogens is 4. The third kappa shape index (κ3) is 2.41. The van der Waals surface area contributed by atoms with Crippen LogP contribution < -0.4 is 10.5 Å². The molecule has 4 rings (SSSR count). The molecular weight excluding hydrogens is 341 g/mol. The number of hydrogen-bond donors (Lipinski definition) is 2. The maximum absolute atomic E-state index is 15.1. The van der Waals surface area contributed by atoms with E-state index in [2.05, 4.69) is 15.3 Å². The summed E-state index contributed by atoms with van der Waals surface area (Å²) in [5, 5.41) is 12.0. The van der Waals surface area contributed by atoms with E-state index < -0.39 is 0 Å². The van der Waals surface area contributed by atoms with Crippen LogP contribution in [-0.2, 0) is 0 Å². The van der Waals surface area contributed by atoms with Gasteiger partial charge in [-0.05, 0) is 30.9 Å². The van der Waals surface area contributed by atoms with Gasteiger partial charge in [-0.3, -0.25) is 5.10 Å². The number of ether oxygens (including phenoxy) is 1. The molecule has 0 amide bonds. The summed E-state index contributed by atoms with van der Waals surface area (Å²) in [7, 11) is 0. The zero-order valence-corrected chi connectivity index (χ0v) is 14.5. The standard InChI is InChI=1S/C17H16FN5OS/c1-3-24-16-13(9-4-5-23-10(6-9)7-12(19)22-23)11-8-20-21-15(11)17(25-2)14(16)18/h4-8H,3H2,1-2H3,(H2,19,22)(H,20,21). The molecule has 0 saturated carbocycles. The first-order chi connectivity index (χ1) is 12.1. The fraction of sp³-hybridized carbons (Fsp3) is 0.176. The summed E-state index contributed by atoms with van der Waals surface area (Å²) in [5.41, 5.74) is 8.73. The number of H-pyrrole nitrogens is 1. The smallest absolute Gasteiger partial charge is 0.181 e. The van der Waals surface area contributed by atoms with Crippen LogP contribution in [0.25, 0.3) is 27.5 Å². The van der Waals surface area contributed by atoms with Gasteiger partial charge in [0.05, 0.1) is 28.7 Å². The van der Waals surface area contributed by atoms with Gasteiger partial charge in [-0.15, -0.1) is 11.8 Å². The first kappa shape index (κ1) is 15.8. The molecule has 128 valence electrons. The highest BCUT2D eigenvalue weighted by Gasteiger charge is 2.23. The van der Waals surface area contributed by atoms with Crippen LogP contribution in [0.1, 0.15) is 6.92 Å². The molecule has 3 heterocycles. The van der Waals surface area contributed by atoms with Crippen molar-refractivity contribution in [2.45, 2.75) is 11.8 Å². The van der Waals surface area contributed by atoms with Gasteiger partial charge in [0.1, 0.15) is 5.82 Å². The van der Waals surface area contributed by atoms with Gasteiger partial charge in [0, 0.05) is 23.2 Å². The molecule has 4 aromatic rings. The molecule has 0 spiro atoms. The third-order valence-electron chi connectivity index (χ3n) is 4.03. The van der Waals surface area contributed by atoms with Crippen LogP contribution >= 0.6 is 11.8 Å². The summed E-state index contributed by atoms with van der Waals surface area (Å²) in [6.45, 7) is 2.20. The monoisotopic (exact) mass is 357 g/mol. The van der Waals surface area contributed by atoms with Crippen molar-refractivity contribution >= 4 is 34.0 Å². The van der Waals surface area contributed by atoms with Gasteiger partial charge in [0.2, 0.25) is 0 Å². The van der Waals surface area contributed by atoms with Crippen LogP contribution in [0, 0.1) is 5.82 Å². The van der Waals surface area contributed by atoms with Crippen molar-refractivity contribution in [3.05, 3.63) is 36.4 Å². The summed E-state index contributed by atoms with van der Waals surface area (Å²) in [6.07, 6.45) is 5.32. The van der Waals surface area contributed by atoms with Crippen molar-refractivity contribution in [3.8, 4) is 16.9 Å². The molecule has 1 aromatic carbocycles. The fourth-order valence-corrected chi connectivity index (χ4v) is 3.65. The zero-order chi connectivity index (χ0) is 17.6. The minimum Gasteiger partial charge on any atom is -0.490 e. The lowest BCUT2D eigenvalue weighted by Gasteiger charge is -2.15. The number of nitrogens with two attached hydrogens (primary N) is 1. The van der Waals surface area contributed by atoms with E-state index >= 15 is 4.39 Å². The Morgan fingerprint density at radius 1 is 1.40 bits per heavy atom. The molecular formula is C17H16FN5OS. The Kier molecular flexibility index (Phi) is 3.76. The highest BCUT2D eigenvalue weighted by molar-refractivity contribution is 7.98. The SMILES string of the molecule is CCOc1c(F)c(SC)c2[nH]ncc2c1-c1ccn2nc(N)cc2c1. The van der Waals surface area contributed by atoms with E-state index in [4.69, 9.17) is 10.5 Å². The van der Waals surface area contributed by atoms with E-state index in [0.29, 0.717) is 28.4 Å². The van der Waals surface area contributed by atoms with Crippen LogP contribution in [0.5, 0.6) is 5.75 Å². The van der Waals surface area contributed by atoms with Crippen LogP contribution in [0.4, 0.5) is 10.2 Å². The molecule has 0 unspecified atom stereocenters. The number of rotatable bonds is 4. The summed E-state index contributed by atoms with van der Waals surface area (Å²) in [4.78, 5) is 0.495. The molecule has 0 saturated heterocycles. The number of halogens is 1. The molecule has 3 N–H and O–H groups in total. The number of anilines is 1. The number of nitrogen functional groups attached to an aromatic ring is 1. The van der Waals surface area contributed by atoms with Gasteiger partial charge < -0.3 is 10.5 Å². The number of benzene rings is 1. The van der Waals surface area contributed by atoms with Crippen molar-refractivity contribution in [3.63, 3.8) is 0 Å². The van der Waals surface area contributed by atoms with Crippen molar-refractivity contribution in [2.75, 3.05) is 18.6 Å². The Balaban J connectivity index is 2.07.